The van der Waals surface area contributed by atoms with Crippen LogP contribution in [0.25, 0.3) is 0 Å². The van der Waals surface area contributed by atoms with Crippen molar-refractivity contribution in [1.29, 1.82) is 0 Å². The van der Waals surface area contributed by atoms with Crippen LogP contribution >= 0.6 is 11.6 Å². The summed E-state index contributed by atoms with van der Waals surface area (Å²) in [4.78, 5) is 15.7. The third kappa shape index (κ3) is 4.16. The van der Waals surface area contributed by atoms with Crippen LogP contribution in [0.15, 0.2) is 18.3 Å². The molecule has 1 rings (SSSR count). The number of amides is 1. The van der Waals surface area contributed by atoms with Crippen LogP contribution in [-0.2, 0) is 4.74 Å². The summed E-state index contributed by atoms with van der Waals surface area (Å²) in [6, 6.07) is 3.53. The number of nitrogens with zero attached hydrogens (tertiary/aromatic N) is 1. The third-order valence-electron chi connectivity index (χ3n) is 2.01. The number of methoxy groups -OCH3 is 1. The van der Waals surface area contributed by atoms with Crippen molar-refractivity contribution in [1.82, 2.24) is 10.3 Å². The number of aryl methyl sites for hydroxylation is 1. The van der Waals surface area contributed by atoms with Gasteiger partial charge in [0.15, 0.2) is 0 Å². The van der Waals surface area contributed by atoms with Gasteiger partial charge in [0.1, 0.15) is 0 Å². The van der Waals surface area contributed by atoms with Crippen LogP contribution < -0.4 is 5.32 Å². The van der Waals surface area contributed by atoms with Crippen LogP contribution in [0.5, 0.6) is 0 Å². The zero-order valence-electron chi connectivity index (χ0n) is 9.37. The maximum atomic E-state index is 11.6. The molecule has 0 saturated heterocycles. The predicted octanol–water partition coefficient (Wildman–Crippen LogP) is 1.37. The van der Waals surface area contributed by atoms with Crippen LogP contribution in [0.2, 0.25) is 0 Å². The van der Waals surface area contributed by atoms with E-state index >= 15 is 0 Å². The Morgan fingerprint density at radius 3 is 2.94 bits per heavy atom. The molecule has 0 fully saturated rings. The van der Waals surface area contributed by atoms with E-state index in [1.54, 1.807) is 25.4 Å². The van der Waals surface area contributed by atoms with Gasteiger partial charge in [-0.1, -0.05) is 0 Å². The molecule has 0 bridgehead atoms. The Morgan fingerprint density at radius 2 is 2.38 bits per heavy atom. The summed E-state index contributed by atoms with van der Waals surface area (Å²) in [6.45, 7) is 2.66. The highest BCUT2D eigenvalue weighted by Crippen LogP contribution is 2.00. The van der Waals surface area contributed by atoms with Crippen LogP contribution in [0.4, 0.5) is 0 Å². The van der Waals surface area contributed by atoms with Crippen molar-refractivity contribution < 1.29 is 9.53 Å². The van der Waals surface area contributed by atoms with Gasteiger partial charge >= 0.3 is 0 Å². The molecule has 1 heterocycles. The predicted molar refractivity (Wildman–Crippen MR) is 62.8 cm³/mol. The number of pyridine rings is 1. The van der Waals surface area contributed by atoms with Gasteiger partial charge in [-0.15, -0.1) is 11.6 Å². The molecular formula is C11H15ClN2O2. The van der Waals surface area contributed by atoms with Gasteiger partial charge in [-0.2, -0.15) is 0 Å². The van der Waals surface area contributed by atoms with E-state index in [0.717, 1.165) is 5.69 Å². The topological polar surface area (TPSA) is 51.2 Å². The highest BCUT2D eigenvalue weighted by molar-refractivity contribution is 6.21. The van der Waals surface area contributed by atoms with Crippen molar-refractivity contribution >= 4 is 17.5 Å². The van der Waals surface area contributed by atoms with E-state index < -0.39 is 0 Å². The summed E-state index contributed by atoms with van der Waals surface area (Å²) in [5.74, 6) is -0.172. The molecule has 1 unspecified atom stereocenters. The minimum Gasteiger partial charge on any atom is -0.383 e. The second kappa shape index (κ2) is 6.45. The monoisotopic (exact) mass is 242 g/mol. The summed E-state index contributed by atoms with van der Waals surface area (Å²) in [7, 11) is 1.57. The SMILES string of the molecule is COCC(Cl)CNC(=O)c1ccc(C)nc1. The fraction of sp³-hybridized carbons (Fsp3) is 0.455. The molecule has 1 amide bonds. The van der Waals surface area contributed by atoms with Crippen LogP contribution in [-0.4, -0.2) is 36.5 Å². The van der Waals surface area contributed by atoms with Gasteiger partial charge in [0.05, 0.1) is 17.5 Å². The first kappa shape index (κ1) is 12.9. The van der Waals surface area contributed by atoms with Crippen LogP contribution in [0.3, 0.4) is 0 Å². The molecule has 0 aliphatic heterocycles. The molecule has 0 aromatic carbocycles. The normalized spacial score (nSPS) is 12.2. The van der Waals surface area contributed by atoms with E-state index in [9.17, 15) is 4.79 Å². The Balaban J connectivity index is 2.43. The Labute approximate surface area is 100.0 Å². The minimum absolute atomic E-state index is 0.172. The molecule has 1 aromatic rings. The first-order chi connectivity index (χ1) is 7.63. The summed E-state index contributed by atoms with van der Waals surface area (Å²) >= 11 is 5.88. The molecule has 88 valence electrons. The molecule has 0 radical (unpaired) electrons. The lowest BCUT2D eigenvalue weighted by Crippen LogP contribution is -2.31. The van der Waals surface area contributed by atoms with Gasteiger partial charge < -0.3 is 10.1 Å². The van der Waals surface area contributed by atoms with Crippen molar-refractivity contribution in [2.45, 2.75) is 12.3 Å². The number of carbonyl (C=O) groups excluding carboxylic acids is 1. The summed E-state index contributed by atoms with van der Waals surface area (Å²) < 4.78 is 4.86. The highest BCUT2D eigenvalue weighted by atomic mass is 35.5. The van der Waals surface area contributed by atoms with Crippen molar-refractivity contribution in [2.24, 2.45) is 0 Å². The molecule has 0 saturated carbocycles. The third-order valence-corrected chi connectivity index (χ3v) is 2.29. The summed E-state index contributed by atoms with van der Waals surface area (Å²) in [5.41, 5.74) is 1.41. The molecular weight excluding hydrogens is 228 g/mol. The summed E-state index contributed by atoms with van der Waals surface area (Å²) in [5, 5.41) is 2.50. The number of rotatable bonds is 5. The van der Waals surface area contributed by atoms with Crippen molar-refractivity contribution in [3.63, 3.8) is 0 Å². The smallest absolute Gasteiger partial charge is 0.252 e. The number of aromatic nitrogens is 1. The van der Waals surface area contributed by atoms with E-state index in [-0.39, 0.29) is 11.3 Å². The van der Waals surface area contributed by atoms with Gasteiger partial charge in [-0.3, -0.25) is 9.78 Å². The van der Waals surface area contributed by atoms with Crippen LogP contribution in [0, 0.1) is 6.92 Å². The van der Waals surface area contributed by atoms with E-state index in [0.29, 0.717) is 18.7 Å². The second-order valence-corrected chi connectivity index (χ2v) is 4.07. The largest absolute Gasteiger partial charge is 0.383 e. The fourth-order valence-corrected chi connectivity index (χ4v) is 1.35. The Morgan fingerprint density at radius 1 is 1.62 bits per heavy atom. The standard InChI is InChI=1S/C11H15ClN2O2/c1-8-3-4-9(5-13-8)11(15)14-6-10(12)7-16-2/h3-5,10H,6-7H2,1-2H3,(H,14,15). The molecule has 1 atom stereocenters. The van der Waals surface area contributed by atoms with E-state index in [1.807, 2.05) is 6.92 Å². The first-order valence-corrected chi connectivity index (χ1v) is 5.41. The molecule has 1 aromatic heterocycles. The minimum atomic E-state index is -0.215. The maximum absolute atomic E-state index is 11.6. The van der Waals surface area contributed by atoms with Gasteiger partial charge in [-0.25, -0.2) is 0 Å². The summed E-state index contributed by atoms with van der Waals surface area (Å²) in [6.07, 6.45) is 1.55. The Kier molecular flexibility index (Phi) is 5.22. The Bertz CT molecular complexity index is 340. The average Bonchev–Trinajstić information content (AvgIpc) is 2.27. The number of nitrogens with one attached hydrogen (secondary N) is 1. The van der Waals surface area contributed by atoms with Gasteiger partial charge in [-0.05, 0) is 19.1 Å². The zero-order valence-corrected chi connectivity index (χ0v) is 10.1. The number of alkyl halides is 1. The highest BCUT2D eigenvalue weighted by Gasteiger charge is 2.08. The molecule has 16 heavy (non-hydrogen) atoms. The van der Waals surface area contributed by atoms with E-state index in [4.69, 9.17) is 16.3 Å². The number of hydrogen-bond donors (Lipinski definition) is 1. The molecule has 4 nitrogen and oxygen atoms in total. The second-order valence-electron chi connectivity index (χ2n) is 3.45. The molecule has 0 aliphatic carbocycles. The first-order valence-electron chi connectivity index (χ1n) is 4.97. The molecule has 5 heteroatoms. The van der Waals surface area contributed by atoms with Crippen molar-refractivity contribution in [3.8, 4) is 0 Å². The zero-order chi connectivity index (χ0) is 12.0. The van der Waals surface area contributed by atoms with E-state index in [2.05, 4.69) is 10.3 Å². The van der Waals surface area contributed by atoms with Gasteiger partial charge in [0.25, 0.3) is 5.91 Å². The fourth-order valence-electron chi connectivity index (χ4n) is 1.15. The van der Waals surface area contributed by atoms with Gasteiger partial charge in [0.2, 0.25) is 0 Å². The van der Waals surface area contributed by atoms with Crippen molar-refractivity contribution in [2.75, 3.05) is 20.3 Å². The van der Waals surface area contributed by atoms with Gasteiger partial charge in [0, 0.05) is 25.5 Å². The number of carbonyl (C=O) groups is 1. The number of hydrogen-bond acceptors (Lipinski definition) is 3. The average molecular weight is 243 g/mol. The Hall–Kier alpha value is -1.13. The van der Waals surface area contributed by atoms with E-state index in [1.165, 1.54) is 0 Å². The van der Waals surface area contributed by atoms with Crippen LogP contribution in [0.1, 0.15) is 16.1 Å². The number of ether oxygens (including phenoxy) is 1. The number of halogens is 1. The van der Waals surface area contributed by atoms with Crippen molar-refractivity contribution in [3.05, 3.63) is 29.6 Å². The molecule has 0 spiro atoms. The maximum Gasteiger partial charge on any atom is 0.252 e. The lowest BCUT2D eigenvalue weighted by atomic mass is 10.2. The molecule has 0 aliphatic rings. The quantitative estimate of drug-likeness (QED) is 0.794. The lowest BCUT2D eigenvalue weighted by molar-refractivity contribution is 0.0949. The molecule has 1 N–H and O–H groups in total. The lowest BCUT2D eigenvalue weighted by Gasteiger charge is -2.09.